The van der Waals surface area contributed by atoms with E-state index in [1.165, 1.54) is 34.1 Å². The van der Waals surface area contributed by atoms with Crippen LogP contribution in [-0.2, 0) is 75.2 Å². The minimum Gasteiger partial charge on any atom is -0.508 e. The van der Waals surface area contributed by atoms with Crippen LogP contribution in [0.15, 0.2) is 48.5 Å². The van der Waals surface area contributed by atoms with E-state index in [2.05, 4.69) is 58.5 Å². The van der Waals surface area contributed by atoms with Crippen molar-refractivity contribution in [2.75, 3.05) is 39.3 Å². The molecule has 13 atom stereocenters. The highest BCUT2D eigenvalue weighted by molar-refractivity contribution is 6.01. The first-order valence-corrected chi connectivity index (χ1v) is 40.5. The number of carbonyl (C=O) groups is 13. The Morgan fingerprint density at radius 1 is 0.321 bits per heavy atom. The number of unbranched alkanes of at least 4 members (excludes halogenated alkanes) is 4. The summed E-state index contributed by atoms with van der Waals surface area (Å²) in [7, 11) is 0. The molecule has 626 valence electrons. The van der Waals surface area contributed by atoms with Crippen LogP contribution in [0.1, 0.15) is 202 Å². The highest BCUT2D eigenvalue weighted by Gasteiger charge is 2.44. The van der Waals surface area contributed by atoms with E-state index in [9.17, 15) is 58.2 Å². The van der Waals surface area contributed by atoms with Gasteiger partial charge in [0.1, 0.15) is 90.0 Å². The summed E-state index contributed by atoms with van der Waals surface area (Å²) in [5.41, 5.74) is 24.7. The molecular formula is C80H131N17O15. The van der Waals surface area contributed by atoms with Gasteiger partial charge in [0.15, 0.2) is 0 Å². The van der Waals surface area contributed by atoms with Gasteiger partial charge in [-0.2, -0.15) is 0 Å². The van der Waals surface area contributed by atoms with Crippen LogP contribution in [0, 0.1) is 29.6 Å². The molecule has 5 rings (SSSR count). The molecule has 21 N–H and O–H groups in total. The zero-order chi connectivity index (χ0) is 82.9. The number of nitrogens with two attached hydrogens (primary N) is 4. The molecule has 0 bridgehead atoms. The van der Waals surface area contributed by atoms with Crippen molar-refractivity contribution in [1.82, 2.24) is 68.3 Å². The number of hydrogen-bond acceptors (Lipinski definition) is 19. The Kier molecular flexibility index (Phi) is 39.7. The van der Waals surface area contributed by atoms with Crippen LogP contribution in [0.5, 0.6) is 11.5 Å². The minimum absolute atomic E-state index is 0.0212. The van der Waals surface area contributed by atoms with E-state index in [0.717, 1.165) is 0 Å². The van der Waals surface area contributed by atoms with E-state index in [0.29, 0.717) is 75.3 Å². The highest BCUT2D eigenvalue weighted by Crippen LogP contribution is 2.25. The summed E-state index contributed by atoms with van der Waals surface area (Å²) >= 11 is 0. The second-order valence-corrected chi connectivity index (χ2v) is 32.2. The van der Waals surface area contributed by atoms with Crippen molar-refractivity contribution in [2.24, 2.45) is 52.5 Å². The number of hydrogen-bond donors (Lipinski definition) is 17. The van der Waals surface area contributed by atoms with Gasteiger partial charge < -0.3 is 101 Å². The molecule has 0 aliphatic carbocycles. The number of carbonyl (C=O) groups excluding carboxylic acids is 13. The molecule has 112 heavy (non-hydrogen) atoms. The lowest BCUT2D eigenvalue weighted by Gasteiger charge is -2.32. The molecule has 3 heterocycles. The van der Waals surface area contributed by atoms with Gasteiger partial charge in [-0.15, -0.1) is 0 Å². The van der Waals surface area contributed by atoms with E-state index in [4.69, 9.17) is 22.9 Å². The molecule has 0 unspecified atom stereocenters. The lowest BCUT2D eigenvalue weighted by Crippen LogP contribution is -2.61. The van der Waals surface area contributed by atoms with Crippen molar-refractivity contribution in [3.63, 3.8) is 0 Å². The largest absolute Gasteiger partial charge is 0.508 e. The summed E-state index contributed by atoms with van der Waals surface area (Å²) < 4.78 is 0. The van der Waals surface area contributed by atoms with Crippen molar-refractivity contribution >= 4 is 76.8 Å². The van der Waals surface area contributed by atoms with Crippen LogP contribution in [0.4, 0.5) is 0 Å². The number of amides is 13. The molecule has 3 fully saturated rings. The molecule has 0 radical (unpaired) electrons. The number of rotatable bonds is 28. The van der Waals surface area contributed by atoms with Gasteiger partial charge in [-0.05, 0) is 213 Å². The Morgan fingerprint density at radius 3 is 0.848 bits per heavy atom. The van der Waals surface area contributed by atoms with Gasteiger partial charge in [0.2, 0.25) is 76.8 Å². The van der Waals surface area contributed by atoms with Gasteiger partial charge in [-0.3, -0.25) is 62.3 Å². The standard InChI is InChI=1S/C80H131N17O15/c1-46(2)41-59-72(104)85-55(21-11-15-35-81)70(102)92-62(44-51-27-31-53(98)32-28-51)79(111)96-39-19-25-64(96)75(107)91-61(43-48(5)6)73(105)86-58(24-14-18-38-84)71(103)94-66(49(7)8)77(109)87-56(22-12-16-36-82)69(101)90-60(42-47(3)4)74(106)93-63(45-52-29-33-54(99)34-30-52)80(112)97-40-20-26-65(97)76(108)95-67(50(9)10)78(110)88-57(68(100)89-59)23-13-17-37-83/h27-34,46-50,55-67,98-99H,11-26,35-45,81-84H2,1-10H3,(H,85,104)(H,86,105)(H,87,109)(H,88,110)(H,89,100)(H,90,101)(H,91,107)(H,92,102)(H,93,106)(H,94,103)(H,95,108)/t55-,56-,57-,58-,59-,60-,61-,62+,63+,64-,65-,66-,67+/m0/s1. The fraction of sp³-hybridized carbons (Fsp3) is 0.688. The normalized spacial score (nSPS) is 25.5. The number of nitrogens with zero attached hydrogens (tertiary/aromatic N) is 2. The molecule has 32 heteroatoms. The van der Waals surface area contributed by atoms with Gasteiger partial charge in [-0.25, -0.2) is 0 Å². The lowest BCUT2D eigenvalue weighted by molar-refractivity contribution is -0.143. The van der Waals surface area contributed by atoms with Crippen LogP contribution >= 0.6 is 0 Å². The molecule has 3 aliphatic heterocycles. The fourth-order valence-corrected chi connectivity index (χ4v) is 14.3. The first-order chi connectivity index (χ1) is 53.2. The average Bonchev–Trinajstić information content (AvgIpc) is 1.59. The average molecular weight is 1570 g/mol. The molecule has 3 aliphatic rings. The molecule has 0 aromatic heterocycles. The smallest absolute Gasteiger partial charge is 0.246 e. The fourth-order valence-electron chi connectivity index (χ4n) is 14.3. The second-order valence-electron chi connectivity index (χ2n) is 32.2. The number of nitrogens with one attached hydrogen (secondary N) is 11. The number of aromatic hydroxyl groups is 2. The van der Waals surface area contributed by atoms with Crippen LogP contribution < -0.4 is 81.4 Å². The van der Waals surface area contributed by atoms with Gasteiger partial charge in [0.05, 0.1) is 0 Å². The molecule has 2 aromatic carbocycles. The summed E-state index contributed by atoms with van der Waals surface area (Å²) in [5.74, 6) is -11.7. The molecule has 3 saturated heterocycles. The van der Waals surface area contributed by atoms with E-state index < -0.39 is 167 Å². The maximum Gasteiger partial charge on any atom is 0.246 e. The van der Waals surface area contributed by atoms with Crippen molar-refractivity contribution in [3.05, 3.63) is 59.7 Å². The van der Waals surface area contributed by atoms with Crippen molar-refractivity contribution < 1.29 is 72.5 Å². The van der Waals surface area contributed by atoms with Gasteiger partial charge in [0, 0.05) is 25.9 Å². The molecule has 2 aromatic rings. The Morgan fingerprint density at radius 2 is 0.562 bits per heavy atom. The van der Waals surface area contributed by atoms with Crippen LogP contribution in [0.25, 0.3) is 0 Å². The monoisotopic (exact) mass is 1570 g/mol. The molecule has 0 spiro atoms. The molecular weight excluding hydrogens is 1440 g/mol. The Balaban J connectivity index is 1.65. The third-order valence-corrected chi connectivity index (χ3v) is 20.5. The zero-order valence-corrected chi connectivity index (χ0v) is 67.5. The van der Waals surface area contributed by atoms with Crippen molar-refractivity contribution in [3.8, 4) is 11.5 Å². The first kappa shape index (κ1) is 93.6. The van der Waals surface area contributed by atoms with Gasteiger partial charge in [-0.1, -0.05) is 93.5 Å². The van der Waals surface area contributed by atoms with Crippen LogP contribution in [0.3, 0.4) is 0 Å². The zero-order valence-electron chi connectivity index (χ0n) is 67.5. The third-order valence-electron chi connectivity index (χ3n) is 20.5. The number of benzene rings is 2. The summed E-state index contributed by atoms with van der Waals surface area (Å²) in [4.78, 5) is 197. The predicted octanol–water partition coefficient (Wildman–Crippen LogP) is 1.18. The van der Waals surface area contributed by atoms with E-state index in [1.807, 2.05) is 41.5 Å². The summed E-state index contributed by atoms with van der Waals surface area (Å²) in [6.45, 7) is 18.8. The number of phenolic OH excluding ortho intramolecular Hbond substituents is 2. The first-order valence-electron chi connectivity index (χ1n) is 40.5. The van der Waals surface area contributed by atoms with Crippen LogP contribution in [-0.4, -0.2) is 215 Å². The Bertz CT molecular complexity index is 3410. The summed E-state index contributed by atoms with van der Waals surface area (Å²) in [6.07, 6.45) is 4.10. The molecule has 13 amide bonds. The van der Waals surface area contributed by atoms with Gasteiger partial charge >= 0.3 is 0 Å². The van der Waals surface area contributed by atoms with Crippen molar-refractivity contribution in [2.45, 2.75) is 283 Å². The third kappa shape index (κ3) is 30.2. The number of fused-ring (bicyclic) bond motifs is 2. The molecule has 0 saturated carbocycles. The summed E-state index contributed by atoms with van der Waals surface area (Å²) in [5, 5.41) is 51.8. The van der Waals surface area contributed by atoms with Crippen LogP contribution in [0.2, 0.25) is 0 Å². The maximum absolute atomic E-state index is 15.3. The summed E-state index contributed by atoms with van der Waals surface area (Å²) in [6, 6.07) is -4.97. The predicted molar refractivity (Wildman–Crippen MR) is 424 cm³/mol. The van der Waals surface area contributed by atoms with E-state index in [1.54, 1.807) is 52.0 Å². The minimum atomic E-state index is -1.39. The highest BCUT2D eigenvalue weighted by atomic mass is 16.3. The lowest BCUT2D eigenvalue weighted by atomic mass is 9.98. The quantitative estimate of drug-likeness (QED) is 0.0532. The number of phenols is 2. The molecule has 32 nitrogen and oxygen atoms in total. The van der Waals surface area contributed by atoms with E-state index >= 15 is 14.4 Å². The van der Waals surface area contributed by atoms with E-state index in [-0.39, 0.29) is 139 Å². The topological polar surface area (TPSA) is 505 Å². The maximum atomic E-state index is 15.3. The second kappa shape index (κ2) is 47.5. The van der Waals surface area contributed by atoms with Gasteiger partial charge in [0.25, 0.3) is 0 Å². The Hall–Kier alpha value is -9.01. The SMILES string of the molecule is CC(C)C[C@@H]1NC(=O)[C@H](CCCCN)NC(=O)[C@@H](C(C)C)NC(=O)[C@@H]2CCCN2C(=O)[C@@H](Cc2ccc(O)cc2)NC(=O)[C@H](CC(C)C)NC(=O)[C@H](CCCCN)NC(=O)[C@H](C(C)C)NC(=O)[C@H](CCCCN)NC(=O)[C@H](CC(C)C)NC(=O)[C@@H]2CCCN2C(=O)[C@@H](Cc2ccc(O)cc2)NC(=O)[C@H](CCCCN)NC1=O. The Labute approximate surface area is 660 Å². The van der Waals surface area contributed by atoms with Crippen molar-refractivity contribution in [1.29, 1.82) is 0 Å².